The summed E-state index contributed by atoms with van der Waals surface area (Å²) in [5.41, 5.74) is 14.4. The van der Waals surface area contributed by atoms with Crippen molar-refractivity contribution in [3.8, 4) is 28.5 Å². The second-order valence-corrected chi connectivity index (χ2v) is 16.9. The number of fused-ring (bicyclic) bond motifs is 3. The van der Waals surface area contributed by atoms with Gasteiger partial charge < -0.3 is 39.0 Å². The van der Waals surface area contributed by atoms with E-state index in [0.717, 1.165) is 67.0 Å². The number of carbonyl (C=O) groups is 3. The van der Waals surface area contributed by atoms with E-state index in [-0.39, 0.29) is 31.2 Å². The smallest absolute Gasteiger partial charge is 0.260 e. The summed E-state index contributed by atoms with van der Waals surface area (Å²) in [7, 11) is 0. The molecule has 0 bridgehead atoms. The molecule has 0 unspecified atom stereocenters. The molecule has 1 fully saturated rings. The van der Waals surface area contributed by atoms with Crippen LogP contribution in [0.25, 0.3) is 11.3 Å². The maximum Gasteiger partial charge on any atom is 0.260 e. The topological polar surface area (TPSA) is 129 Å². The SMILES string of the molecule is NC(=O)c1cccc(CN(C(=O)c2cc(-c3cc4c(cc3C(=O)N3Cc5ccccc5C[C@H]3CN3CCOCC3)OCO4)n3c2CCCC3)c2ccc(OCc3ccccc3)cc2)c1. The first-order valence-corrected chi connectivity index (χ1v) is 22.2. The van der Waals surface area contributed by atoms with E-state index >= 15 is 9.59 Å². The van der Waals surface area contributed by atoms with Gasteiger partial charge in [0.25, 0.3) is 11.8 Å². The van der Waals surface area contributed by atoms with Gasteiger partial charge in [0.2, 0.25) is 12.7 Å². The first-order chi connectivity index (χ1) is 31.4. The number of benzene rings is 5. The Hall–Kier alpha value is -6.89. The molecular weight excluding hydrogens is 807 g/mol. The van der Waals surface area contributed by atoms with Gasteiger partial charge in [-0.2, -0.15) is 0 Å². The number of primary amides is 1. The van der Waals surface area contributed by atoms with Crippen LogP contribution >= 0.6 is 0 Å². The molecule has 0 saturated carbocycles. The van der Waals surface area contributed by atoms with Crippen LogP contribution in [0.5, 0.6) is 17.2 Å². The van der Waals surface area contributed by atoms with Crippen LogP contribution in [0.3, 0.4) is 0 Å². The molecule has 12 nitrogen and oxygen atoms in total. The molecule has 0 spiro atoms. The fraction of sp³-hybridized carbons (Fsp3) is 0.288. The van der Waals surface area contributed by atoms with Crippen LogP contribution in [-0.2, 0) is 43.8 Å². The maximum absolute atomic E-state index is 15.3. The van der Waals surface area contributed by atoms with Crippen LogP contribution in [0.2, 0.25) is 0 Å². The van der Waals surface area contributed by atoms with Crippen molar-refractivity contribution in [2.45, 2.75) is 58.0 Å². The van der Waals surface area contributed by atoms with Gasteiger partial charge in [-0.1, -0.05) is 66.7 Å². The van der Waals surface area contributed by atoms with Gasteiger partial charge in [-0.25, -0.2) is 0 Å². The fourth-order valence-corrected chi connectivity index (χ4v) is 9.53. The summed E-state index contributed by atoms with van der Waals surface area (Å²) in [5, 5.41) is 0. The number of aromatic nitrogens is 1. The Labute approximate surface area is 372 Å². The average Bonchev–Trinajstić information content (AvgIpc) is 3.97. The normalized spacial score (nSPS) is 16.8. The molecule has 0 aliphatic carbocycles. The summed E-state index contributed by atoms with van der Waals surface area (Å²) in [4.78, 5) is 49.1. The molecule has 10 rings (SSSR count). The van der Waals surface area contributed by atoms with Gasteiger partial charge >= 0.3 is 0 Å². The minimum absolute atomic E-state index is 0.0567. The van der Waals surface area contributed by atoms with E-state index < -0.39 is 5.91 Å². The van der Waals surface area contributed by atoms with Crippen molar-refractivity contribution in [3.63, 3.8) is 0 Å². The third-order valence-electron chi connectivity index (χ3n) is 12.9. The van der Waals surface area contributed by atoms with Crippen molar-refractivity contribution in [1.82, 2.24) is 14.4 Å². The number of rotatable bonds is 12. The van der Waals surface area contributed by atoms with Crippen molar-refractivity contribution in [1.29, 1.82) is 0 Å². The molecule has 3 amide bonds. The van der Waals surface area contributed by atoms with Crippen LogP contribution in [-0.4, -0.2) is 77.8 Å². The average molecular weight is 858 g/mol. The van der Waals surface area contributed by atoms with E-state index in [1.165, 1.54) is 5.56 Å². The first-order valence-electron chi connectivity index (χ1n) is 22.2. The quantitative estimate of drug-likeness (QED) is 0.133. The van der Waals surface area contributed by atoms with Crippen molar-refractivity contribution < 1.29 is 33.3 Å². The lowest BCUT2D eigenvalue weighted by Crippen LogP contribution is -2.52. The maximum atomic E-state index is 15.3. The number of carbonyl (C=O) groups excluding carboxylic acids is 3. The molecular formula is C52H51N5O7. The summed E-state index contributed by atoms with van der Waals surface area (Å²) in [5.74, 6) is 0.920. The fourth-order valence-electron chi connectivity index (χ4n) is 9.53. The molecule has 0 radical (unpaired) electrons. The van der Waals surface area contributed by atoms with Crippen molar-refractivity contribution >= 4 is 23.4 Å². The number of ether oxygens (including phenoxy) is 4. The molecule has 4 aliphatic rings. The van der Waals surface area contributed by atoms with Crippen LogP contribution in [0.15, 0.2) is 121 Å². The Morgan fingerprint density at radius 3 is 2.30 bits per heavy atom. The largest absolute Gasteiger partial charge is 0.489 e. The Kier molecular flexibility index (Phi) is 11.6. The van der Waals surface area contributed by atoms with Crippen molar-refractivity contribution in [2.24, 2.45) is 5.73 Å². The van der Waals surface area contributed by atoms with Gasteiger partial charge in [-0.15, -0.1) is 0 Å². The number of hydrogen-bond acceptors (Lipinski definition) is 8. The van der Waals surface area contributed by atoms with Crippen LogP contribution in [0.4, 0.5) is 5.69 Å². The number of nitrogens with zero attached hydrogens (tertiary/aromatic N) is 4. The Bertz CT molecular complexity index is 2690. The number of nitrogens with two attached hydrogens (primary N) is 1. The van der Waals surface area contributed by atoms with Crippen LogP contribution in [0.1, 0.15) is 71.9 Å². The molecule has 1 atom stereocenters. The minimum Gasteiger partial charge on any atom is -0.489 e. The highest BCUT2D eigenvalue weighted by Gasteiger charge is 2.36. The zero-order valence-corrected chi connectivity index (χ0v) is 35.7. The molecule has 1 aromatic heterocycles. The third-order valence-corrected chi connectivity index (χ3v) is 12.9. The van der Waals surface area contributed by atoms with E-state index in [2.05, 4.69) is 27.7 Å². The first kappa shape index (κ1) is 41.1. The molecule has 1 saturated heterocycles. The van der Waals surface area contributed by atoms with Crippen molar-refractivity contribution in [2.75, 3.05) is 44.5 Å². The van der Waals surface area contributed by atoms with E-state index in [1.807, 2.05) is 89.8 Å². The number of amides is 3. The Morgan fingerprint density at radius 2 is 1.50 bits per heavy atom. The van der Waals surface area contributed by atoms with Gasteiger partial charge in [0, 0.05) is 67.0 Å². The van der Waals surface area contributed by atoms with Gasteiger partial charge in [0.15, 0.2) is 11.5 Å². The van der Waals surface area contributed by atoms with Crippen molar-refractivity contribution in [3.05, 3.63) is 166 Å². The summed E-state index contributed by atoms with van der Waals surface area (Å²) in [6.45, 7) is 5.55. The molecule has 12 heteroatoms. The predicted molar refractivity (Wildman–Crippen MR) is 243 cm³/mol. The van der Waals surface area contributed by atoms with Gasteiger partial charge in [-0.3, -0.25) is 19.3 Å². The van der Waals surface area contributed by atoms with E-state index in [9.17, 15) is 4.79 Å². The highest BCUT2D eigenvalue weighted by Crippen LogP contribution is 2.42. The molecule has 4 aliphatic heterocycles. The standard InChI is InChI=1S/C52H51N5O7/c53-50(58)38-14-8-11-36(25-38)30-56(40-16-18-42(19-17-40)62-33-35-9-2-1-3-10-35)52(60)45-27-47(55-20-7-6-15-46(45)55)43-28-48-49(64-34-63-48)29-44(43)51(59)57-31-39-13-5-4-12-37(39)26-41(57)32-54-21-23-61-24-22-54/h1-5,8-14,16-19,25,27-29,41H,6-7,15,20-24,26,30-34H2,(H2,53,58)/t41-/m0/s1. The van der Waals surface area contributed by atoms with Gasteiger partial charge in [-0.05, 0) is 103 Å². The predicted octanol–water partition coefficient (Wildman–Crippen LogP) is 7.64. The van der Waals surface area contributed by atoms with Gasteiger partial charge in [0.05, 0.1) is 30.9 Å². The third kappa shape index (κ3) is 8.46. The van der Waals surface area contributed by atoms with Crippen LogP contribution < -0.4 is 24.8 Å². The molecule has 64 heavy (non-hydrogen) atoms. The molecule has 5 heterocycles. The summed E-state index contributed by atoms with van der Waals surface area (Å²) >= 11 is 0. The zero-order valence-electron chi connectivity index (χ0n) is 35.7. The molecule has 6 aromatic rings. The number of anilines is 1. The van der Waals surface area contributed by atoms with Crippen LogP contribution in [0, 0.1) is 0 Å². The highest BCUT2D eigenvalue weighted by atomic mass is 16.7. The van der Waals surface area contributed by atoms with E-state index in [0.29, 0.717) is 84.5 Å². The Balaban J connectivity index is 1.03. The zero-order chi connectivity index (χ0) is 43.6. The summed E-state index contributed by atoms with van der Waals surface area (Å²) < 4.78 is 25.9. The molecule has 2 N–H and O–H groups in total. The second-order valence-electron chi connectivity index (χ2n) is 16.9. The monoisotopic (exact) mass is 857 g/mol. The highest BCUT2D eigenvalue weighted by molar-refractivity contribution is 6.09. The minimum atomic E-state index is -0.541. The summed E-state index contributed by atoms with van der Waals surface area (Å²) in [6.07, 6.45) is 3.28. The molecule has 326 valence electrons. The lowest BCUT2D eigenvalue weighted by atomic mass is 9.92. The van der Waals surface area contributed by atoms with E-state index in [1.54, 1.807) is 23.1 Å². The number of hydrogen-bond donors (Lipinski definition) is 1. The molecule has 5 aromatic carbocycles. The van der Waals surface area contributed by atoms with E-state index in [4.69, 9.17) is 24.7 Å². The summed E-state index contributed by atoms with van der Waals surface area (Å²) in [6, 6.07) is 38.6. The Morgan fingerprint density at radius 1 is 0.750 bits per heavy atom. The second kappa shape index (κ2) is 18.1. The lowest BCUT2D eigenvalue weighted by Gasteiger charge is -2.40. The lowest BCUT2D eigenvalue weighted by molar-refractivity contribution is 0.0193. The number of morpholine rings is 1. The van der Waals surface area contributed by atoms with Gasteiger partial charge in [0.1, 0.15) is 12.4 Å².